The second-order valence-corrected chi connectivity index (χ2v) is 4.31. The van der Waals surface area contributed by atoms with Gasteiger partial charge in [-0.05, 0) is 23.7 Å². The van der Waals surface area contributed by atoms with Gasteiger partial charge >= 0.3 is 0 Å². The maximum Gasteiger partial charge on any atom is 0.163 e. The predicted octanol–water partition coefficient (Wildman–Crippen LogP) is 0.526. The van der Waals surface area contributed by atoms with Crippen LogP contribution < -0.4 is 4.78 Å². The largest absolute Gasteiger partial charge is 0.294 e. The molecule has 0 bridgehead atoms. The minimum absolute atomic E-state index is 0.343. The van der Waals surface area contributed by atoms with E-state index in [0.717, 1.165) is 24.8 Å². The van der Waals surface area contributed by atoms with Gasteiger partial charge in [0.25, 0.3) is 0 Å². The molecule has 56 valence electrons. The van der Waals surface area contributed by atoms with Crippen molar-refractivity contribution < 1.29 is 4.79 Å². The molecule has 0 aromatic carbocycles. The average molecular weight is 164 g/mol. The van der Waals surface area contributed by atoms with Crippen molar-refractivity contribution in [1.29, 1.82) is 0 Å². The first-order chi connectivity index (χ1) is 5.27. The van der Waals surface area contributed by atoms with Crippen molar-refractivity contribution in [2.24, 2.45) is 0 Å². The van der Waals surface area contributed by atoms with Crippen LogP contribution in [-0.4, -0.2) is 13.6 Å². The summed E-state index contributed by atoms with van der Waals surface area (Å²) >= 11 is 1.77. The summed E-state index contributed by atoms with van der Waals surface area (Å²) in [7, 11) is 2.07. The maximum atomic E-state index is 11.3. The Morgan fingerprint density at radius 3 is 3.00 bits per heavy atom. The Hall–Kier alpha value is -0.565. The highest BCUT2D eigenvalue weighted by Crippen LogP contribution is 2.23. The molecule has 0 amide bonds. The Bertz CT molecular complexity index is 303. The van der Waals surface area contributed by atoms with E-state index in [4.69, 9.17) is 0 Å². The first-order valence-corrected chi connectivity index (χ1v) is 4.71. The summed E-state index contributed by atoms with van der Waals surface area (Å²) in [6.45, 7) is 0. The Labute approximate surface area is 70.8 Å². The van der Waals surface area contributed by atoms with Gasteiger partial charge in [0.05, 0.1) is 0 Å². The summed E-state index contributed by atoms with van der Waals surface area (Å²) in [6, 6.07) is 2.03. The van der Waals surface area contributed by atoms with Crippen molar-refractivity contribution in [3.05, 3.63) is 16.5 Å². The number of carbonyl (C=O) groups is 1. The molecule has 0 saturated carbocycles. The van der Waals surface area contributed by atoms with Gasteiger partial charge in [0.2, 0.25) is 0 Å². The predicted molar refractivity (Wildman–Crippen MR) is 49.8 cm³/mol. The Kier molecular flexibility index (Phi) is 1.60. The van der Waals surface area contributed by atoms with Gasteiger partial charge in [-0.15, -0.1) is 0 Å². The van der Waals surface area contributed by atoms with E-state index in [9.17, 15) is 4.79 Å². The second kappa shape index (κ2) is 2.49. The highest BCUT2D eigenvalue weighted by molar-refractivity contribution is 7.20. The Balaban J connectivity index is 2.52. The number of thiophene rings is 1. The van der Waals surface area contributed by atoms with Crippen molar-refractivity contribution in [1.82, 2.24) is 0 Å². The summed E-state index contributed by atoms with van der Waals surface area (Å²) in [5.41, 5.74) is 0.999. The van der Waals surface area contributed by atoms with Crippen molar-refractivity contribution in [2.45, 2.75) is 19.3 Å². The summed E-state index contributed by atoms with van der Waals surface area (Å²) < 4.78 is 1.27. The topological polar surface area (TPSA) is 17.1 Å². The molecule has 2 rings (SSSR count). The molecule has 0 atom stereocenters. The first kappa shape index (κ1) is 7.10. The number of hydrogen-bond donors (Lipinski definition) is 0. The van der Waals surface area contributed by atoms with E-state index in [-0.39, 0.29) is 0 Å². The van der Waals surface area contributed by atoms with E-state index in [2.05, 4.69) is 7.85 Å². The van der Waals surface area contributed by atoms with Crippen LogP contribution >= 0.6 is 11.3 Å². The van der Waals surface area contributed by atoms with E-state index in [1.54, 1.807) is 11.3 Å². The third-order valence-electron chi connectivity index (χ3n) is 2.04. The smallest absolute Gasteiger partial charge is 0.163 e. The molecule has 0 saturated heterocycles. The number of aryl methyl sites for hydroxylation is 1. The molecule has 1 aromatic rings. The van der Waals surface area contributed by atoms with Crippen molar-refractivity contribution in [2.75, 3.05) is 0 Å². The van der Waals surface area contributed by atoms with Crippen LogP contribution in [0.4, 0.5) is 0 Å². The zero-order chi connectivity index (χ0) is 7.84. The van der Waals surface area contributed by atoms with Crippen LogP contribution in [-0.2, 0) is 6.42 Å². The Morgan fingerprint density at radius 1 is 1.45 bits per heavy atom. The van der Waals surface area contributed by atoms with E-state index in [1.165, 1.54) is 9.65 Å². The van der Waals surface area contributed by atoms with E-state index in [0.29, 0.717) is 5.78 Å². The number of rotatable bonds is 0. The number of ketones is 1. The minimum atomic E-state index is 0.343. The summed E-state index contributed by atoms with van der Waals surface area (Å²) in [5.74, 6) is 0.343. The maximum absolute atomic E-state index is 11.3. The van der Waals surface area contributed by atoms with Gasteiger partial charge in [-0.1, -0.05) is 0 Å². The molecular weight excluding hydrogens is 155 g/mol. The lowest BCUT2D eigenvalue weighted by molar-refractivity contribution is 0.0973. The molecule has 0 N–H and O–H groups in total. The molecule has 1 aromatic heterocycles. The first-order valence-electron chi connectivity index (χ1n) is 3.90. The van der Waals surface area contributed by atoms with Crippen LogP contribution in [0.25, 0.3) is 0 Å². The molecule has 0 aliphatic heterocycles. The van der Waals surface area contributed by atoms with Gasteiger partial charge in [0.1, 0.15) is 0 Å². The molecule has 1 heterocycles. The standard InChI is InChI=1S/C8H9BOS/c9-8-4-5-6(10)2-1-3-7(5)11-8/h4H,1-3,9H2. The summed E-state index contributed by atoms with van der Waals surface area (Å²) in [4.78, 5) is 12.6. The summed E-state index contributed by atoms with van der Waals surface area (Å²) in [6.07, 6.45) is 2.91. The van der Waals surface area contributed by atoms with Gasteiger partial charge in [-0.25, -0.2) is 0 Å². The molecular formula is C8H9BOS. The van der Waals surface area contributed by atoms with Gasteiger partial charge in [0, 0.05) is 16.9 Å². The highest BCUT2D eigenvalue weighted by Gasteiger charge is 2.18. The fourth-order valence-electron chi connectivity index (χ4n) is 1.53. The lowest BCUT2D eigenvalue weighted by Crippen LogP contribution is -2.07. The van der Waals surface area contributed by atoms with E-state index in [1.807, 2.05) is 6.07 Å². The van der Waals surface area contributed by atoms with Crippen LogP contribution in [0.15, 0.2) is 6.07 Å². The van der Waals surface area contributed by atoms with E-state index >= 15 is 0 Å². The quantitative estimate of drug-likeness (QED) is 0.511. The third-order valence-corrected chi connectivity index (χ3v) is 3.15. The summed E-state index contributed by atoms with van der Waals surface area (Å²) in [5, 5.41) is 0. The lowest BCUT2D eigenvalue weighted by atomic mass is 9.96. The third kappa shape index (κ3) is 1.14. The molecule has 0 fully saturated rings. The molecule has 0 radical (unpaired) electrons. The normalized spacial score (nSPS) is 16.5. The van der Waals surface area contributed by atoms with Crippen LogP contribution in [0.2, 0.25) is 0 Å². The lowest BCUT2D eigenvalue weighted by Gasteiger charge is -2.07. The van der Waals surface area contributed by atoms with E-state index < -0.39 is 0 Å². The van der Waals surface area contributed by atoms with Gasteiger partial charge < -0.3 is 0 Å². The van der Waals surface area contributed by atoms with Crippen LogP contribution in [0, 0.1) is 0 Å². The second-order valence-electron chi connectivity index (χ2n) is 2.97. The number of carbonyl (C=O) groups excluding carboxylic acids is 1. The Morgan fingerprint density at radius 2 is 2.27 bits per heavy atom. The number of fused-ring (bicyclic) bond motifs is 1. The van der Waals surface area contributed by atoms with Crippen molar-refractivity contribution in [3.8, 4) is 0 Å². The fourth-order valence-corrected chi connectivity index (χ4v) is 2.62. The minimum Gasteiger partial charge on any atom is -0.294 e. The van der Waals surface area contributed by atoms with Gasteiger partial charge in [-0.2, -0.15) is 11.3 Å². The van der Waals surface area contributed by atoms with Gasteiger partial charge in [-0.3, -0.25) is 4.79 Å². The molecule has 1 nitrogen and oxygen atoms in total. The van der Waals surface area contributed by atoms with Crippen molar-refractivity contribution in [3.63, 3.8) is 0 Å². The molecule has 11 heavy (non-hydrogen) atoms. The number of hydrogen-bond acceptors (Lipinski definition) is 2. The molecule has 1 aliphatic carbocycles. The zero-order valence-electron chi connectivity index (χ0n) is 6.52. The SMILES string of the molecule is Bc1cc2c(s1)CCCC2=O. The average Bonchev–Trinajstić information content (AvgIpc) is 2.31. The highest BCUT2D eigenvalue weighted by atomic mass is 32.1. The van der Waals surface area contributed by atoms with Crippen LogP contribution in [0.3, 0.4) is 0 Å². The van der Waals surface area contributed by atoms with Gasteiger partial charge in [0.15, 0.2) is 13.6 Å². The van der Waals surface area contributed by atoms with Crippen LogP contribution in [0.1, 0.15) is 28.1 Å². The molecule has 1 aliphatic rings. The molecule has 3 heteroatoms. The zero-order valence-corrected chi connectivity index (χ0v) is 7.33. The monoisotopic (exact) mass is 164 g/mol. The molecule has 0 unspecified atom stereocenters. The molecule has 0 spiro atoms. The van der Waals surface area contributed by atoms with Crippen LogP contribution in [0.5, 0.6) is 0 Å². The van der Waals surface area contributed by atoms with Crippen molar-refractivity contribution >= 4 is 29.7 Å². The fraction of sp³-hybridized carbons (Fsp3) is 0.375. The number of Topliss-reactive ketones (excluding diaryl/α,β-unsaturated/α-hetero) is 1.